The van der Waals surface area contributed by atoms with Gasteiger partial charge in [-0.25, -0.2) is 4.79 Å². The van der Waals surface area contributed by atoms with Gasteiger partial charge in [-0.3, -0.25) is 4.79 Å². The van der Waals surface area contributed by atoms with Crippen molar-refractivity contribution >= 4 is 11.9 Å². The van der Waals surface area contributed by atoms with Crippen molar-refractivity contribution in [1.29, 1.82) is 0 Å². The predicted molar refractivity (Wildman–Crippen MR) is 55.1 cm³/mol. The predicted octanol–water partition coefficient (Wildman–Crippen LogP) is -0.863. The van der Waals surface area contributed by atoms with Crippen molar-refractivity contribution in [1.82, 2.24) is 15.1 Å². The van der Waals surface area contributed by atoms with E-state index in [0.717, 1.165) is 4.90 Å². The second kappa shape index (κ2) is 4.46. The van der Waals surface area contributed by atoms with E-state index in [1.54, 1.807) is 0 Å². The third-order valence-electron chi connectivity index (χ3n) is 2.66. The second-order valence-corrected chi connectivity index (χ2v) is 3.83. The molecule has 0 unspecified atom stereocenters. The number of aliphatic carboxylic acids is 1. The monoisotopic (exact) mass is 237 g/mol. The molecule has 0 bridgehead atoms. The molecule has 1 aliphatic rings. The molecule has 1 amide bonds. The van der Waals surface area contributed by atoms with Crippen molar-refractivity contribution in [2.45, 2.75) is 18.6 Å². The molecule has 7 nitrogen and oxygen atoms in total. The van der Waals surface area contributed by atoms with Gasteiger partial charge in [-0.15, -0.1) is 0 Å². The van der Waals surface area contributed by atoms with Crippen LogP contribution >= 0.6 is 0 Å². The summed E-state index contributed by atoms with van der Waals surface area (Å²) in [6, 6.07) is 0.476. The van der Waals surface area contributed by atoms with Crippen molar-refractivity contribution in [3.05, 3.63) is 24.0 Å². The zero-order chi connectivity index (χ0) is 12.4. The van der Waals surface area contributed by atoms with Gasteiger partial charge in [0.15, 0.2) is 0 Å². The Balaban J connectivity index is 2.22. The van der Waals surface area contributed by atoms with E-state index in [1.807, 2.05) is 0 Å². The standard InChI is InChI=1S/C10H11N3O4/c14-7-3-8(10(16)17)13(5-7)9(15)6-1-2-11-12-4-6/h1-2,4,7-8,14H,3,5H2,(H,16,17)/t7-,8-/m1/s1. The lowest BCUT2D eigenvalue weighted by atomic mass is 10.2. The van der Waals surface area contributed by atoms with Crippen LogP contribution in [-0.2, 0) is 4.79 Å². The molecule has 0 aromatic carbocycles. The number of nitrogens with zero attached hydrogens (tertiary/aromatic N) is 3. The minimum Gasteiger partial charge on any atom is -0.480 e. The highest BCUT2D eigenvalue weighted by Crippen LogP contribution is 2.20. The first-order chi connectivity index (χ1) is 8.09. The number of hydrogen-bond acceptors (Lipinski definition) is 5. The first-order valence-electron chi connectivity index (χ1n) is 5.08. The highest BCUT2D eigenvalue weighted by molar-refractivity contribution is 5.96. The van der Waals surface area contributed by atoms with Crippen LogP contribution in [0.5, 0.6) is 0 Å². The number of aliphatic hydroxyl groups is 1. The number of amides is 1. The molecular formula is C10H11N3O4. The van der Waals surface area contributed by atoms with Crippen molar-refractivity contribution in [3.8, 4) is 0 Å². The van der Waals surface area contributed by atoms with Crippen LogP contribution in [0.1, 0.15) is 16.8 Å². The van der Waals surface area contributed by atoms with E-state index >= 15 is 0 Å². The zero-order valence-electron chi connectivity index (χ0n) is 8.85. The molecule has 1 aromatic rings. The molecule has 2 heterocycles. The first kappa shape index (κ1) is 11.5. The summed E-state index contributed by atoms with van der Waals surface area (Å²) in [5.74, 6) is -1.57. The maximum absolute atomic E-state index is 12.0. The highest BCUT2D eigenvalue weighted by Gasteiger charge is 2.39. The number of rotatable bonds is 2. The summed E-state index contributed by atoms with van der Waals surface area (Å²) in [5.41, 5.74) is 0.264. The van der Waals surface area contributed by atoms with Crippen LogP contribution in [0.3, 0.4) is 0 Å². The van der Waals surface area contributed by atoms with Crippen LogP contribution in [0.4, 0.5) is 0 Å². The average Bonchev–Trinajstić information content (AvgIpc) is 2.72. The van der Waals surface area contributed by atoms with E-state index in [2.05, 4.69) is 10.2 Å². The van der Waals surface area contributed by atoms with Gasteiger partial charge in [0, 0.05) is 13.0 Å². The van der Waals surface area contributed by atoms with E-state index in [-0.39, 0.29) is 18.5 Å². The third-order valence-corrected chi connectivity index (χ3v) is 2.66. The number of β-amino-alcohol motifs (C(OH)–C–C–N with tert-alkyl or cyclic N) is 1. The fourth-order valence-electron chi connectivity index (χ4n) is 1.86. The van der Waals surface area contributed by atoms with E-state index in [1.165, 1.54) is 18.5 Å². The smallest absolute Gasteiger partial charge is 0.326 e. The first-order valence-corrected chi connectivity index (χ1v) is 5.08. The Morgan fingerprint density at radius 1 is 1.41 bits per heavy atom. The van der Waals surface area contributed by atoms with Crippen molar-refractivity contribution in [3.63, 3.8) is 0 Å². The Morgan fingerprint density at radius 3 is 2.76 bits per heavy atom. The summed E-state index contributed by atoms with van der Waals surface area (Å²) < 4.78 is 0. The molecule has 1 fully saturated rings. The Labute approximate surface area is 96.7 Å². The number of carboxylic acid groups (broad SMARTS) is 1. The number of aromatic nitrogens is 2. The molecule has 1 aliphatic heterocycles. The number of carbonyl (C=O) groups is 2. The van der Waals surface area contributed by atoms with E-state index < -0.39 is 24.0 Å². The summed E-state index contributed by atoms with van der Waals surface area (Å²) in [7, 11) is 0. The van der Waals surface area contributed by atoms with Gasteiger partial charge in [0.25, 0.3) is 5.91 Å². The molecule has 1 saturated heterocycles. The summed E-state index contributed by atoms with van der Waals surface area (Å²) in [6.07, 6.45) is 1.89. The maximum atomic E-state index is 12.0. The van der Waals surface area contributed by atoms with Crippen molar-refractivity contribution in [2.24, 2.45) is 0 Å². The van der Waals surface area contributed by atoms with Gasteiger partial charge in [-0.2, -0.15) is 10.2 Å². The summed E-state index contributed by atoms with van der Waals surface area (Å²) >= 11 is 0. The van der Waals surface area contributed by atoms with Crippen LogP contribution < -0.4 is 0 Å². The fraction of sp³-hybridized carbons (Fsp3) is 0.400. The molecule has 90 valence electrons. The molecule has 0 radical (unpaired) electrons. The Morgan fingerprint density at radius 2 is 2.18 bits per heavy atom. The largest absolute Gasteiger partial charge is 0.480 e. The van der Waals surface area contributed by atoms with Gasteiger partial charge >= 0.3 is 5.97 Å². The van der Waals surface area contributed by atoms with Gasteiger partial charge in [0.05, 0.1) is 24.1 Å². The molecule has 1 aromatic heterocycles. The molecule has 0 saturated carbocycles. The summed E-state index contributed by atoms with van der Waals surface area (Å²) in [4.78, 5) is 24.1. The van der Waals surface area contributed by atoms with Gasteiger partial charge in [0.2, 0.25) is 0 Å². The SMILES string of the molecule is O=C(O)[C@H]1C[C@@H](O)CN1C(=O)c1ccnnc1. The maximum Gasteiger partial charge on any atom is 0.326 e. The van der Waals surface area contributed by atoms with Crippen LogP contribution in [0.15, 0.2) is 18.5 Å². The zero-order valence-corrected chi connectivity index (χ0v) is 8.85. The second-order valence-electron chi connectivity index (χ2n) is 3.83. The summed E-state index contributed by atoms with van der Waals surface area (Å²) in [6.45, 7) is 0.0259. The third kappa shape index (κ3) is 2.23. The highest BCUT2D eigenvalue weighted by atomic mass is 16.4. The summed E-state index contributed by atoms with van der Waals surface area (Å²) in [5, 5.41) is 25.5. The molecule has 7 heteroatoms. The number of carboxylic acids is 1. The number of aliphatic hydroxyl groups excluding tert-OH is 1. The van der Waals surface area contributed by atoms with Gasteiger partial charge in [-0.05, 0) is 6.07 Å². The van der Waals surface area contributed by atoms with Crippen LogP contribution in [0.25, 0.3) is 0 Å². The van der Waals surface area contributed by atoms with Gasteiger partial charge < -0.3 is 15.1 Å². The molecule has 0 aliphatic carbocycles. The molecule has 2 atom stereocenters. The average molecular weight is 237 g/mol. The van der Waals surface area contributed by atoms with Gasteiger partial charge in [0.1, 0.15) is 6.04 Å². The molecule has 0 spiro atoms. The van der Waals surface area contributed by atoms with Crippen LogP contribution in [0.2, 0.25) is 0 Å². The fourth-order valence-corrected chi connectivity index (χ4v) is 1.86. The van der Waals surface area contributed by atoms with Crippen molar-refractivity contribution in [2.75, 3.05) is 6.54 Å². The molecular weight excluding hydrogens is 226 g/mol. The number of hydrogen-bond donors (Lipinski definition) is 2. The van der Waals surface area contributed by atoms with E-state index in [0.29, 0.717) is 0 Å². The Bertz CT molecular complexity index is 436. The lowest BCUT2D eigenvalue weighted by Crippen LogP contribution is -2.40. The molecule has 17 heavy (non-hydrogen) atoms. The van der Waals surface area contributed by atoms with Crippen LogP contribution in [0, 0.1) is 0 Å². The number of likely N-dealkylation sites (tertiary alicyclic amines) is 1. The lowest BCUT2D eigenvalue weighted by Gasteiger charge is -2.20. The molecule has 2 N–H and O–H groups in total. The quantitative estimate of drug-likeness (QED) is 0.693. The minimum absolute atomic E-state index is 0.0259. The lowest BCUT2D eigenvalue weighted by molar-refractivity contribution is -0.141. The Hall–Kier alpha value is -2.02. The topological polar surface area (TPSA) is 104 Å². The molecule has 2 rings (SSSR count). The van der Waals surface area contributed by atoms with E-state index in [4.69, 9.17) is 5.11 Å². The minimum atomic E-state index is -1.11. The Kier molecular flexibility index (Phi) is 3.01. The van der Waals surface area contributed by atoms with E-state index in [9.17, 15) is 14.7 Å². The van der Waals surface area contributed by atoms with Crippen LogP contribution in [-0.4, -0.2) is 55.9 Å². The van der Waals surface area contributed by atoms with Crippen molar-refractivity contribution < 1.29 is 19.8 Å². The van der Waals surface area contributed by atoms with Gasteiger partial charge in [-0.1, -0.05) is 0 Å². The number of carbonyl (C=O) groups excluding carboxylic acids is 1. The normalized spacial score (nSPS) is 23.7.